The zero-order valence-corrected chi connectivity index (χ0v) is 14.9. The number of rotatable bonds is 6. The summed E-state index contributed by atoms with van der Waals surface area (Å²) >= 11 is 1.70. The molecule has 0 spiro atoms. The fourth-order valence-corrected chi connectivity index (χ4v) is 4.00. The van der Waals surface area contributed by atoms with Crippen molar-refractivity contribution in [2.24, 2.45) is 0 Å². The number of hydrogen-bond donors (Lipinski definition) is 2. The van der Waals surface area contributed by atoms with Crippen LogP contribution in [0.5, 0.6) is 0 Å². The standard InChI is InChI=1S/C18H25N3O2S/c1-24-9-7-19-17(22)12-16-18(23)20-6-8-21(16)15-10-13-4-2-3-5-14(13)11-15/h2-5,15-16H,6-12H2,1H3,(H,19,22)(H,20,23). The van der Waals surface area contributed by atoms with E-state index in [1.165, 1.54) is 11.1 Å². The molecule has 1 aliphatic heterocycles. The van der Waals surface area contributed by atoms with Crippen LogP contribution < -0.4 is 10.6 Å². The fourth-order valence-electron chi connectivity index (χ4n) is 3.69. The monoisotopic (exact) mass is 347 g/mol. The van der Waals surface area contributed by atoms with Crippen LogP contribution in [-0.4, -0.2) is 60.4 Å². The largest absolute Gasteiger partial charge is 0.355 e. The number of hydrogen-bond acceptors (Lipinski definition) is 4. The van der Waals surface area contributed by atoms with Gasteiger partial charge < -0.3 is 10.6 Å². The summed E-state index contributed by atoms with van der Waals surface area (Å²) in [7, 11) is 0. The Kier molecular flexibility index (Phi) is 5.79. The first-order valence-electron chi connectivity index (χ1n) is 8.55. The molecule has 0 saturated carbocycles. The van der Waals surface area contributed by atoms with E-state index in [2.05, 4.69) is 39.8 Å². The lowest BCUT2D eigenvalue weighted by atomic mass is 10.0. The van der Waals surface area contributed by atoms with E-state index in [-0.39, 0.29) is 24.3 Å². The molecule has 3 rings (SSSR count). The van der Waals surface area contributed by atoms with Gasteiger partial charge in [-0.05, 0) is 30.2 Å². The first kappa shape index (κ1) is 17.3. The second-order valence-electron chi connectivity index (χ2n) is 6.42. The Morgan fingerprint density at radius 3 is 2.71 bits per heavy atom. The van der Waals surface area contributed by atoms with Gasteiger partial charge in [-0.3, -0.25) is 14.5 Å². The zero-order valence-electron chi connectivity index (χ0n) is 14.1. The second-order valence-corrected chi connectivity index (χ2v) is 7.41. The summed E-state index contributed by atoms with van der Waals surface area (Å²) < 4.78 is 0. The average Bonchev–Trinajstić information content (AvgIpc) is 3.01. The van der Waals surface area contributed by atoms with Crippen molar-refractivity contribution in [2.75, 3.05) is 31.6 Å². The first-order chi connectivity index (χ1) is 11.7. The van der Waals surface area contributed by atoms with Gasteiger partial charge in [-0.2, -0.15) is 11.8 Å². The number of fused-ring (bicyclic) bond motifs is 1. The van der Waals surface area contributed by atoms with Crippen molar-refractivity contribution in [3.8, 4) is 0 Å². The molecule has 0 bridgehead atoms. The SMILES string of the molecule is CSCCNC(=O)CC1C(=O)NCCN1C1Cc2ccccc2C1. The van der Waals surface area contributed by atoms with Crippen molar-refractivity contribution in [3.63, 3.8) is 0 Å². The minimum Gasteiger partial charge on any atom is -0.355 e. The Balaban J connectivity index is 1.65. The van der Waals surface area contributed by atoms with Gasteiger partial charge in [0, 0.05) is 31.4 Å². The fraction of sp³-hybridized carbons (Fsp3) is 0.556. The van der Waals surface area contributed by atoms with E-state index in [1.807, 2.05) is 6.26 Å². The molecule has 1 aromatic carbocycles. The van der Waals surface area contributed by atoms with E-state index in [9.17, 15) is 9.59 Å². The van der Waals surface area contributed by atoms with Gasteiger partial charge >= 0.3 is 0 Å². The highest BCUT2D eigenvalue weighted by Crippen LogP contribution is 2.28. The van der Waals surface area contributed by atoms with Crippen molar-refractivity contribution in [1.29, 1.82) is 0 Å². The van der Waals surface area contributed by atoms with Gasteiger partial charge in [-0.1, -0.05) is 24.3 Å². The topological polar surface area (TPSA) is 61.4 Å². The first-order valence-corrected chi connectivity index (χ1v) is 9.94. The molecule has 1 atom stereocenters. The summed E-state index contributed by atoms with van der Waals surface area (Å²) in [6.07, 6.45) is 4.19. The minimum absolute atomic E-state index is 0.0165. The molecule has 2 aliphatic rings. The third-order valence-corrected chi connectivity index (χ3v) is 5.49. The lowest BCUT2D eigenvalue weighted by Gasteiger charge is -2.38. The van der Waals surface area contributed by atoms with E-state index in [4.69, 9.17) is 0 Å². The Bertz CT molecular complexity index is 583. The van der Waals surface area contributed by atoms with E-state index >= 15 is 0 Å². The Morgan fingerprint density at radius 1 is 1.33 bits per heavy atom. The molecule has 1 saturated heterocycles. The molecule has 1 aliphatic carbocycles. The van der Waals surface area contributed by atoms with Gasteiger partial charge in [-0.25, -0.2) is 0 Å². The lowest BCUT2D eigenvalue weighted by Crippen LogP contribution is -2.59. The van der Waals surface area contributed by atoms with Crippen molar-refractivity contribution in [2.45, 2.75) is 31.3 Å². The predicted octanol–water partition coefficient (Wildman–Crippen LogP) is 0.824. The molecule has 0 radical (unpaired) electrons. The summed E-state index contributed by atoms with van der Waals surface area (Å²) in [5, 5.41) is 5.83. The molecule has 0 aromatic heterocycles. The van der Waals surface area contributed by atoms with Gasteiger partial charge in [0.15, 0.2) is 0 Å². The Morgan fingerprint density at radius 2 is 2.04 bits per heavy atom. The van der Waals surface area contributed by atoms with E-state index < -0.39 is 0 Å². The molecule has 130 valence electrons. The number of carbonyl (C=O) groups is 2. The smallest absolute Gasteiger partial charge is 0.237 e. The van der Waals surface area contributed by atoms with Crippen LogP contribution in [0.2, 0.25) is 0 Å². The number of piperazine rings is 1. The van der Waals surface area contributed by atoms with Crippen molar-refractivity contribution in [3.05, 3.63) is 35.4 Å². The molecule has 24 heavy (non-hydrogen) atoms. The predicted molar refractivity (Wildman–Crippen MR) is 97.2 cm³/mol. The van der Waals surface area contributed by atoms with Crippen molar-refractivity contribution < 1.29 is 9.59 Å². The van der Waals surface area contributed by atoms with Crippen molar-refractivity contribution in [1.82, 2.24) is 15.5 Å². The maximum atomic E-state index is 12.4. The third kappa shape index (κ3) is 3.92. The van der Waals surface area contributed by atoms with Gasteiger partial charge in [-0.15, -0.1) is 0 Å². The quantitative estimate of drug-likeness (QED) is 0.748. The summed E-state index contributed by atoms with van der Waals surface area (Å²) in [5.41, 5.74) is 2.74. The van der Waals surface area contributed by atoms with Crippen LogP contribution in [0.15, 0.2) is 24.3 Å². The van der Waals surface area contributed by atoms with E-state index in [1.54, 1.807) is 11.8 Å². The Hall–Kier alpha value is -1.53. The van der Waals surface area contributed by atoms with Crippen LogP contribution in [-0.2, 0) is 22.4 Å². The summed E-state index contributed by atoms with van der Waals surface area (Å²) in [6.45, 7) is 2.13. The Labute approximate surface area is 147 Å². The molecule has 1 aromatic rings. The molecule has 5 nitrogen and oxygen atoms in total. The molecular formula is C18H25N3O2S. The number of thioether (sulfide) groups is 1. The van der Waals surface area contributed by atoms with E-state index in [0.717, 1.165) is 25.1 Å². The summed E-state index contributed by atoms with van der Waals surface area (Å²) in [6, 6.07) is 8.44. The lowest BCUT2D eigenvalue weighted by molar-refractivity contribution is -0.135. The zero-order chi connectivity index (χ0) is 16.9. The summed E-state index contributed by atoms with van der Waals surface area (Å²) in [4.78, 5) is 26.8. The third-order valence-electron chi connectivity index (χ3n) is 4.88. The molecule has 1 unspecified atom stereocenters. The van der Waals surface area contributed by atoms with Gasteiger partial charge in [0.1, 0.15) is 0 Å². The van der Waals surface area contributed by atoms with Crippen LogP contribution in [0.4, 0.5) is 0 Å². The summed E-state index contributed by atoms with van der Waals surface area (Å²) in [5.74, 6) is 0.841. The molecular weight excluding hydrogens is 322 g/mol. The molecule has 2 N–H and O–H groups in total. The van der Waals surface area contributed by atoms with Crippen LogP contribution in [0, 0.1) is 0 Å². The number of benzene rings is 1. The van der Waals surface area contributed by atoms with E-state index in [0.29, 0.717) is 19.1 Å². The van der Waals surface area contributed by atoms with Gasteiger partial charge in [0.25, 0.3) is 0 Å². The van der Waals surface area contributed by atoms with Crippen LogP contribution in [0.3, 0.4) is 0 Å². The highest BCUT2D eigenvalue weighted by molar-refractivity contribution is 7.98. The number of nitrogens with zero attached hydrogens (tertiary/aromatic N) is 1. The van der Waals surface area contributed by atoms with Crippen LogP contribution >= 0.6 is 11.8 Å². The number of carbonyl (C=O) groups excluding carboxylic acids is 2. The highest BCUT2D eigenvalue weighted by atomic mass is 32.2. The minimum atomic E-state index is -0.354. The average molecular weight is 347 g/mol. The molecule has 1 heterocycles. The van der Waals surface area contributed by atoms with Crippen LogP contribution in [0.25, 0.3) is 0 Å². The maximum absolute atomic E-state index is 12.4. The molecule has 6 heteroatoms. The number of amides is 2. The number of nitrogens with one attached hydrogen (secondary N) is 2. The highest BCUT2D eigenvalue weighted by Gasteiger charge is 2.37. The second kappa shape index (κ2) is 8.03. The molecule has 1 fully saturated rings. The molecule has 2 amide bonds. The van der Waals surface area contributed by atoms with Crippen LogP contribution in [0.1, 0.15) is 17.5 Å². The van der Waals surface area contributed by atoms with Gasteiger partial charge in [0.05, 0.1) is 12.5 Å². The normalized spacial score (nSPS) is 21.4. The van der Waals surface area contributed by atoms with Gasteiger partial charge in [0.2, 0.25) is 11.8 Å². The maximum Gasteiger partial charge on any atom is 0.237 e. The van der Waals surface area contributed by atoms with Crippen molar-refractivity contribution >= 4 is 23.6 Å².